The smallest absolute Gasteiger partial charge is 0.209 e. The molecule has 0 radical (unpaired) electrons. The quantitative estimate of drug-likeness (QED) is 0.662. The van der Waals surface area contributed by atoms with E-state index in [1.807, 2.05) is 0 Å². The topological polar surface area (TPSA) is 98.0 Å². The van der Waals surface area contributed by atoms with Crippen LogP contribution in [0, 0.1) is 0 Å². The molecule has 0 unspecified atom stereocenters. The lowest BCUT2D eigenvalue weighted by Crippen LogP contribution is -2.18. The van der Waals surface area contributed by atoms with Crippen molar-refractivity contribution < 1.29 is 8.42 Å². The highest BCUT2D eigenvalue weighted by Gasteiger charge is 2.01. The minimum atomic E-state index is -3.34. The van der Waals surface area contributed by atoms with Gasteiger partial charge in [-0.05, 0) is 6.42 Å². The number of nitrogens with one attached hydrogen (secondary N) is 1. The summed E-state index contributed by atoms with van der Waals surface area (Å²) in [6.45, 7) is 0.533. The molecule has 0 bridgehead atoms. The molecule has 0 aliphatic heterocycles. The lowest BCUT2D eigenvalue weighted by atomic mass is 10.5. The Hall–Kier alpha value is -0.730. The molecule has 0 aliphatic carbocycles. The maximum absolute atomic E-state index is 10.5. The summed E-state index contributed by atoms with van der Waals surface area (Å²) in [5, 5.41) is 8.43. The molecule has 0 aromatic carbocycles. The van der Waals surface area contributed by atoms with Gasteiger partial charge in [-0.25, -0.2) is 18.5 Å². The van der Waals surface area contributed by atoms with Crippen molar-refractivity contribution in [1.82, 2.24) is 9.36 Å². The predicted molar refractivity (Wildman–Crippen MR) is 51.0 cm³/mol. The normalized spacial score (nSPS) is 11.5. The molecule has 3 N–H and O–H groups in total. The van der Waals surface area contributed by atoms with Crippen molar-refractivity contribution in [3.8, 4) is 0 Å². The maximum Gasteiger partial charge on any atom is 0.209 e. The molecule has 0 atom stereocenters. The van der Waals surface area contributed by atoms with Crippen LogP contribution in [0.4, 0.5) is 5.13 Å². The summed E-state index contributed by atoms with van der Waals surface area (Å²) < 4.78 is 24.8. The van der Waals surface area contributed by atoms with Crippen molar-refractivity contribution in [2.24, 2.45) is 5.14 Å². The lowest BCUT2D eigenvalue weighted by molar-refractivity contribution is 0.596. The van der Waals surface area contributed by atoms with Crippen LogP contribution in [0.1, 0.15) is 6.42 Å². The van der Waals surface area contributed by atoms with Gasteiger partial charge < -0.3 is 5.32 Å². The zero-order valence-corrected chi connectivity index (χ0v) is 8.44. The van der Waals surface area contributed by atoms with E-state index in [1.165, 1.54) is 17.9 Å². The Labute approximate surface area is 80.4 Å². The van der Waals surface area contributed by atoms with E-state index in [9.17, 15) is 8.42 Å². The largest absolute Gasteiger partial charge is 0.360 e. The molecule has 1 heterocycles. The van der Waals surface area contributed by atoms with Gasteiger partial charge in [0.2, 0.25) is 15.2 Å². The number of nitrogens with zero attached hydrogens (tertiary/aromatic N) is 2. The molecule has 0 saturated heterocycles. The second-order valence-electron chi connectivity index (χ2n) is 2.39. The first-order valence-corrected chi connectivity index (χ1v) is 6.08. The van der Waals surface area contributed by atoms with Gasteiger partial charge in [0, 0.05) is 18.1 Å². The fourth-order valence-electron chi connectivity index (χ4n) is 0.720. The van der Waals surface area contributed by atoms with E-state index in [1.54, 1.807) is 0 Å². The minimum absolute atomic E-state index is 0.0151. The van der Waals surface area contributed by atoms with Gasteiger partial charge in [-0.1, -0.05) is 0 Å². The summed E-state index contributed by atoms with van der Waals surface area (Å²) in [5.41, 5.74) is 0. The average Bonchev–Trinajstić information content (AvgIpc) is 2.48. The molecule has 0 aliphatic rings. The summed E-state index contributed by atoms with van der Waals surface area (Å²) in [7, 11) is -3.34. The van der Waals surface area contributed by atoms with Crippen LogP contribution >= 0.6 is 11.5 Å². The van der Waals surface area contributed by atoms with E-state index in [0.29, 0.717) is 18.1 Å². The number of nitrogens with two attached hydrogens (primary N) is 1. The Morgan fingerprint density at radius 3 is 2.92 bits per heavy atom. The molecule has 0 fully saturated rings. The van der Waals surface area contributed by atoms with Crippen molar-refractivity contribution in [2.75, 3.05) is 17.6 Å². The van der Waals surface area contributed by atoms with Crippen LogP contribution in [-0.2, 0) is 10.0 Å². The van der Waals surface area contributed by atoms with Gasteiger partial charge in [0.25, 0.3) is 0 Å². The van der Waals surface area contributed by atoms with Gasteiger partial charge >= 0.3 is 0 Å². The summed E-state index contributed by atoms with van der Waals surface area (Å²) in [5.74, 6) is -0.0151. The van der Waals surface area contributed by atoms with Gasteiger partial charge in [-0.2, -0.15) is 4.37 Å². The molecule has 6 nitrogen and oxygen atoms in total. The van der Waals surface area contributed by atoms with Crippen LogP contribution in [0.15, 0.2) is 6.33 Å². The van der Waals surface area contributed by atoms with Crippen molar-refractivity contribution >= 4 is 26.7 Å². The van der Waals surface area contributed by atoms with Crippen molar-refractivity contribution in [2.45, 2.75) is 6.42 Å². The fraction of sp³-hybridized carbons (Fsp3) is 0.600. The van der Waals surface area contributed by atoms with Crippen molar-refractivity contribution in [1.29, 1.82) is 0 Å². The molecule has 0 saturated carbocycles. The Kier molecular flexibility index (Phi) is 3.58. The molecule has 0 spiro atoms. The molecular formula is C5H10N4O2S2. The van der Waals surface area contributed by atoms with Crippen LogP contribution in [0.25, 0.3) is 0 Å². The average molecular weight is 222 g/mol. The van der Waals surface area contributed by atoms with E-state index in [0.717, 1.165) is 0 Å². The molecule has 8 heteroatoms. The highest BCUT2D eigenvalue weighted by molar-refractivity contribution is 7.89. The Morgan fingerprint density at radius 2 is 2.38 bits per heavy atom. The van der Waals surface area contributed by atoms with Crippen molar-refractivity contribution in [3.05, 3.63) is 6.33 Å². The zero-order valence-electron chi connectivity index (χ0n) is 6.80. The van der Waals surface area contributed by atoms with Crippen molar-refractivity contribution in [3.63, 3.8) is 0 Å². The van der Waals surface area contributed by atoms with E-state index < -0.39 is 10.0 Å². The minimum Gasteiger partial charge on any atom is -0.360 e. The SMILES string of the molecule is NS(=O)(=O)CCCNc1ncns1. The van der Waals surface area contributed by atoms with Gasteiger partial charge in [0.1, 0.15) is 6.33 Å². The van der Waals surface area contributed by atoms with E-state index >= 15 is 0 Å². The highest BCUT2D eigenvalue weighted by atomic mass is 32.2. The molecular weight excluding hydrogens is 212 g/mol. The number of sulfonamides is 1. The molecule has 13 heavy (non-hydrogen) atoms. The Bertz CT molecular complexity index is 333. The lowest BCUT2D eigenvalue weighted by Gasteiger charge is -1.99. The van der Waals surface area contributed by atoms with Gasteiger partial charge in [-0.3, -0.25) is 0 Å². The third-order valence-corrected chi connectivity index (χ3v) is 2.72. The monoisotopic (exact) mass is 222 g/mol. The number of rotatable bonds is 5. The second kappa shape index (κ2) is 4.49. The van der Waals surface area contributed by atoms with Crippen LogP contribution in [0.2, 0.25) is 0 Å². The maximum atomic E-state index is 10.5. The third-order valence-electron chi connectivity index (χ3n) is 1.24. The van der Waals surface area contributed by atoms with Crippen LogP contribution in [0.3, 0.4) is 0 Å². The molecule has 1 rings (SSSR count). The van der Waals surface area contributed by atoms with Crippen LogP contribution in [-0.4, -0.2) is 30.1 Å². The number of primary sulfonamides is 1. The fourth-order valence-corrected chi connectivity index (χ4v) is 1.72. The summed E-state index contributed by atoms with van der Waals surface area (Å²) in [4.78, 5) is 3.87. The first kappa shape index (κ1) is 10.4. The second-order valence-corrected chi connectivity index (χ2v) is 4.91. The molecule has 1 aromatic rings. The highest BCUT2D eigenvalue weighted by Crippen LogP contribution is 2.05. The summed E-state index contributed by atoms with van der Waals surface area (Å²) in [6, 6.07) is 0. The van der Waals surface area contributed by atoms with E-state index in [2.05, 4.69) is 14.7 Å². The zero-order chi connectivity index (χ0) is 9.73. The Balaban J connectivity index is 2.16. The first-order chi connectivity index (χ1) is 6.08. The van der Waals surface area contributed by atoms with Gasteiger partial charge in [0.15, 0.2) is 0 Å². The number of anilines is 1. The number of hydrogen-bond donors (Lipinski definition) is 2. The third kappa shape index (κ3) is 4.76. The van der Waals surface area contributed by atoms with Crippen LogP contribution < -0.4 is 10.5 Å². The molecule has 0 amide bonds. The first-order valence-electron chi connectivity index (χ1n) is 3.59. The predicted octanol–water partition coefficient (Wildman–Crippen LogP) is -0.371. The Morgan fingerprint density at radius 1 is 1.62 bits per heavy atom. The summed E-state index contributed by atoms with van der Waals surface area (Å²) >= 11 is 1.23. The van der Waals surface area contributed by atoms with Gasteiger partial charge in [-0.15, -0.1) is 0 Å². The van der Waals surface area contributed by atoms with E-state index in [-0.39, 0.29) is 5.75 Å². The molecule has 1 aromatic heterocycles. The van der Waals surface area contributed by atoms with E-state index in [4.69, 9.17) is 5.14 Å². The molecule has 74 valence electrons. The number of aromatic nitrogens is 2. The number of hydrogen-bond acceptors (Lipinski definition) is 6. The standard InChI is InChI=1S/C5H10N4O2S2/c6-13(10,11)3-1-2-7-5-8-4-9-12-5/h4H,1-3H2,(H2,6,10,11)(H,7,8,9). The van der Waals surface area contributed by atoms with Gasteiger partial charge in [0.05, 0.1) is 5.75 Å². The summed E-state index contributed by atoms with van der Waals surface area (Å²) in [6.07, 6.45) is 1.91. The van der Waals surface area contributed by atoms with Crippen LogP contribution in [0.5, 0.6) is 0 Å².